The van der Waals surface area contributed by atoms with Crippen LogP contribution in [0, 0.1) is 21.0 Å². The first-order chi connectivity index (χ1) is 4.61. The van der Waals surface area contributed by atoms with Gasteiger partial charge < -0.3 is 0 Å². The Balaban J connectivity index is 0.000001000. The molecule has 62 valence electrons. The molecule has 1 atom stereocenters. The number of hydrogen-bond donors (Lipinski definition) is 0. The minimum Gasteiger partial charge on any atom is -0.204 e. The van der Waals surface area contributed by atoms with E-state index in [1.807, 2.05) is 0 Å². The van der Waals surface area contributed by atoms with Crippen LogP contribution in [-0.2, 0) is 0 Å². The minimum atomic E-state index is -1.42. The van der Waals surface area contributed by atoms with Crippen molar-refractivity contribution in [1.82, 2.24) is 0 Å². The van der Waals surface area contributed by atoms with Gasteiger partial charge in [-0.05, 0) is 34.7 Å². The summed E-state index contributed by atoms with van der Waals surface area (Å²) in [5.41, 5.74) is 0. The highest BCUT2D eigenvalue weighted by molar-refractivity contribution is 14.1. The third kappa shape index (κ3) is 2.60. The van der Waals surface area contributed by atoms with Crippen molar-refractivity contribution in [3.63, 3.8) is 0 Å². The van der Waals surface area contributed by atoms with Gasteiger partial charge in [-0.25, -0.2) is 13.2 Å². The van der Waals surface area contributed by atoms with E-state index in [9.17, 15) is 13.2 Å². The number of rotatable bonds is 0. The molecule has 0 saturated carbocycles. The fourth-order valence-corrected chi connectivity index (χ4v) is 1.07. The smallest absolute Gasteiger partial charge is 0.194 e. The van der Waals surface area contributed by atoms with Crippen molar-refractivity contribution in [1.29, 1.82) is 0 Å². The number of benzene rings is 1. The summed E-state index contributed by atoms with van der Waals surface area (Å²) in [7, 11) is 0. The standard InChI is InChI=1S/C6H2F3I.H3P/c7-4-1-3(10)2-5(8)6(4)9;/h1-2H;1H3. The van der Waals surface area contributed by atoms with Crippen LogP contribution in [0.3, 0.4) is 0 Å². The number of hydrogen-bond acceptors (Lipinski definition) is 0. The zero-order valence-corrected chi connectivity index (χ0v) is 8.95. The van der Waals surface area contributed by atoms with Crippen LogP contribution in [0.4, 0.5) is 13.2 Å². The van der Waals surface area contributed by atoms with E-state index < -0.39 is 17.5 Å². The maximum absolute atomic E-state index is 12.2. The van der Waals surface area contributed by atoms with Gasteiger partial charge in [0.25, 0.3) is 0 Å². The van der Waals surface area contributed by atoms with Gasteiger partial charge >= 0.3 is 0 Å². The Labute approximate surface area is 78.9 Å². The largest absolute Gasteiger partial charge is 0.204 e. The van der Waals surface area contributed by atoms with Crippen LogP contribution >= 0.6 is 32.5 Å². The molecule has 0 radical (unpaired) electrons. The molecular formula is C6H5F3IP. The van der Waals surface area contributed by atoms with E-state index in [0.717, 1.165) is 12.1 Å². The van der Waals surface area contributed by atoms with Crippen molar-refractivity contribution in [2.24, 2.45) is 0 Å². The highest BCUT2D eigenvalue weighted by Gasteiger charge is 2.08. The fraction of sp³-hybridized carbons (Fsp3) is 0. The van der Waals surface area contributed by atoms with Gasteiger partial charge in [0.05, 0.1) is 0 Å². The summed E-state index contributed by atoms with van der Waals surface area (Å²) in [4.78, 5) is 0. The molecular weight excluding hydrogens is 287 g/mol. The SMILES string of the molecule is Fc1cc(I)cc(F)c1F.P. The van der Waals surface area contributed by atoms with Crippen LogP contribution in [-0.4, -0.2) is 0 Å². The van der Waals surface area contributed by atoms with E-state index in [1.54, 1.807) is 22.6 Å². The molecule has 0 bridgehead atoms. The van der Waals surface area contributed by atoms with Crippen molar-refractivity contribution in [2.45, 2.75) is 0 Å². The lowest BCUT2D eigenvalue weighted by Gasteiger charge is -1.94. The first-order valence-electron chi connectivity index (χ1n) is 2.41. The summed E-state index contributed by atoms with van der Waals surface area (Å²) in [5, 5.41) is 0. The van der Waals surface area contributed by atoms with Crippen LogP contribution in [0.5, 0.6) is 0 Å². The fourth-order valence-electron chi connectivity index (χ4n) is 0.525. The molecule has 0 aromatic heterocycles. The normalized spacial score (nSPS) is 9.09. The van der Waals surface area contributed by atoms with Gasteiger partial charge in [0.1, 0.15) is 0 Å². The van der Waals surface area contributed by atoms with E-state index in [1.165, 1.54) is 0 Å². The molecule has 5 heteroatoms. The molecule has 0 aliphatic rings. The van der Waals surface area contributed by atoms with Crippen molar-refractivity contribution in [3.05, 3.63) is 33.2 Å². The maximum Gasteiger partial charge on any atom is 0.194 e. The zero-order chi connectivity index (χ0) is 7.72. The average Bonchev–Trinajstić information content (AvgIpc) is 1.82. The van der Waals surface area contributed by atoms with Crippen LogP contribution in [0.2, 0.25) is 0 Å². The van der Waals surface area contributed by atoms with Gasteiger partial charge in [-0.1, -0.05) is 0 Å². The third-order valence-electron chi connectivity index (χ3n) is 0.949. The lowest BCUT2D eigenvalue weighted by Crippen LogP contribution is -1.90. The van der Waals surface area contributed by atoms with E-state index in [2.05, 4.69) is 0 Å². The highest BCUT2D eigenvalue weighted by Crippen LogP contribution is 2.14. The summed E-state index contributed by atoms with van der Waals surface area (Å²) in [6.07, 6.45) is 0. The highest BCUT2D eigenvalue weighted by atomic mass is 127. The van der Waals surface area contributed by atoms with Crippen molar-refractivity contribution in [2.75, 3.05) is 0 Å². The van der Waals surface area contributed by atoms with E-state index in [-0.39, 0.29) is 9.90 Å². The predicted octanol–water partition coefficient (Wildman–Crippen LogP) is 2.77. The molecule has 1 unspecified atom stereocenters. The molecule has 0 aliphatic carbocycles. The average molecular weight is 292 g/mol. The minimum absolute atomic E-state index is 0. The van der Waals surface area contributed by atoms with Gasteiger partial charge in [0, 0.05) is 3.57 Å². The molecule has 0 amide bonds. The summed E-state index contributed by atoms with van der Waals surface area (Å²) in [6, 6.07) is 1.86. The van der Waals surface area contributed by atoms with Crippen LogP contribution in [0.25, 0.3) is 0 Å². The molecule has 0 heterocycles. The van der Waals surface area contributed by atoms with Gasteiger partial charge in [0.15, 0.2) is 17.5 Å². The Morgan fingerprint density at radius 1 is 1.00 bits per heavy atom. The molecule has 0 nitrogen and oxygen atoms in total. The molecule has 1 rings (SSSR count). The first-order valence-corrected chi connectivity index (χ1v) is 3.49. The number of halogens is 4. The molecule has 0 spiro atoms. The molecule has 1 aromatic rings. The van der Waals surface area contributed by atoms with Crippen molar-refractivity contribution >= 4 is 32.5 Å². The predicted molar refractivity (Wildman–Crippen MR) is 50.1 cm³/mol. The van der Waals surface area contributed by atoms with Crippen molar-refractivity contribution < 1.29 is 13.2 Å². The van der Waals surface area contributed by atoms with E-state index >= 15 is 0 Å². The summed E-state index contributed by atoms with van der Waals surface area (Å²) < 4.78 is 36.9. The van der Waals surface area contributed by atoms with E-state index in [0.29, 0.717) is 3.57 Å². The summed E-state index contributed by atoms with van der Waals surface area (Å²) in [5.74, 6) is -3.71. The topological polar surface area (TPSA) is 0 Å². The van der Waals surface area contributed by atoms with Gasteiger partial charge in [0.2, 0.25) is 0 Å². The lowest BCUT2D eigenvalue weighted by atomic mass is 10.3. The quantitative estimate of drug-likeness (QED) is 0.298. The second kappa shape index (κ2) is 4.26. The maximum atomic E-state index is 12.2. The summed E-state index contributed by atoms with van der Waals surface area (Å²) >= 11 is 1.70. The summed E-state index contributed by atoms with van der Waals surface area (Å²) in [6.45, 7) is 0. The Morgan fingerprint density at radius 2 is 1.36 bits per heavy atom. The molecule has 11 heavy (non-hydrogen) atoms. The lowest BCUT2D eigenvalue weighted by molar-refractivity contribution is 0.446. The molecule has 1 aromatic carbocycles. The van der Waals surface area contributed by atoms with E-state index in [4.69, 9.17) is 0 Å². The Hall–Kier alpha value is 0.170. The van der Waals surface area contributed by atoms with Crippen molar-refractivity contribution in [3.8, 4) is 0 Å². The van der Waals surface area contributed by atoms with Gasteiger partial charge in [-0.3, -0.25) is 0 Å². The van der Waals surface area contributed by atoms with Crippen LogP contribution in [0.1, 0.15) is 0 Å². The second-order valence-electron chi connectivity index (χ2n) is 1.68. The van der Waals surface area contributed by atoms with Crippen LogP contribution in [0.15, 0.2) is 12.1 Å². The Bertz CT molecular complexity index is 241. The second-order valence-corrected chi connectivity index (χ2v) is 2.93. The molecule has 0 N–H and O–H groups in total. The molecule has 0 aliphatic heterocycles. The van der Waals surface area contributed by atoms with Gasteiger partial charge in [-0.2, -0.15) is 9.90 Å². The first kappa shape index (κ1) is 11.2. The Morgan fingerprint density at radius 3 is 1.73 bits per heavy atom. The van der Waals surface area contributed by atoms with Gasteiger partial charge in [-0.15, -0.1) is 0 Å². The molecule has 0 fully saturated rings. The molecule has 0 saturated heterocycles. The third-order valence-corrected chi connectivity index (χ3v) is 1.57. The Kier molecular flexibility index (Phi) is 4.32. The monoisotopic (exact) mass is 292 g/mol. The zero-order valence-electron chi connectivity index (χ0n) is 5.37. The van der Waals surface area contributed by atoms with Crippen LogP contribution < -0.4 is 0 Å².